The van der Waals surface area contributed by atoms with E-state index >= 15 is 0 Å². The Bertz CT molecular complexity index is 1120. The van der Waals surface area contributed by atoms with Crippen LogP contribution in [-0.2, 0) is 37.4 Å². The van der Waals surface area contributed by atoms with Crippen LogP contribution in [0.15, 0.2) is 29.2 Å². The summed E-state index contributed by atoms with van der Waals surface area (Å²) in [5.41, 5.74) is 0.152. The van der Waals surface area contributed by atoms with Gasteiger partial charge in [-0.2, -0.15) is 0 Å². The van der Waals surface area contributed by atoms with Crippen molar-refractivity contribution in [2.24, 2.45) is 0 Å². The zero-order valence-electron chi connectivity index (χ0n) is 16.1. The molecule has 1 aliphatic rings. The van der Waals surface area contributed by atoms with Crippen LogP contribution in [0.5, 0.6) is 5.75 Å². The summed E-state index contributed by atoms with van der Waals surface area (Å²) in [7, 11) is -2.37. The van der Waals surface area contributed by atoms with Gasteiger partial charge in [0.15, 0.2) is 0 Å². The number of fused-ring (bicyclic) bond motifs is 1. The van der Waals surface area contributed by atoms with Crippen LogP contribution < -0.4 is 14.8 Å². The maximum absolute atomic E-state index is 12.5. The number of nitrogens with one attached hydrogen (secondary N) is 2. The van der Waals surface area contributed by atoms with E-state index in [0.29, 0.717) is 16.2 Å². The van der Waals surface area contributed by atoms with E-state index in [0.717, 1.165) is 11.3 Å². The lowest BCUT2D eigenvalue weighted by molar-refractivity contribution is -0.147. The number of carboxylic acid groups (broad SMARTS) is 2. The molecule has 2 heterocycles. The van der Waals surface area contributed by atoms with Crippen molar-refractivity contribution in [2.75, 3.05) is 19.0 Å². The number of carbonyl (C=O) groups is 3. The predicted octanol–water partition coefficient (Wildman–Crippen LogP) is 0.898. The van der Waals surface area contributed by atoms with Gasteiger partial charge >= 0.3 is 17.8 Å². The second-order valence-electron chi connectivity index (χ2n) is 6.44. The Kier molecular flexibility index (Phi) is 6.59. The van der Waals surface area contributed by atoms with Crippen LogP contribution >= 0.6 is 11.3 Å². The summed E-state index contributed by atoms with van der Waals surface area (Å²) < 4.78 is 38.0. The molecule has 1 unspecified atom stereocenters. The summed E-state index contributed by atoms with van der Waals surface area (Å²) in [6, 6.07) is 5.80. The topological polar surface area (TPSA) is 168 Å². The van der Waals surface area contributed by atoms with Gasteiger partial charge in [0, 0.05) is 17.8 Å². The molecule has 1 atom stereocenters. The Hall–Kier alpha value is -3.00. The highest BCUT2D eigenvalue weighted by Crippen LogP contribution is 2.37. The molecule has 0 spiro atoms. The average molecular weight is 470 g/mol. The predicted molar refractivity (Wildman–Crippen MR) is 108 cm³/mol. The van der Waals surface area contributed by atoms with E-state index < -0.39 is 34.0 Å². The number of carbonyl (C=O) groups excluding carboxylic acids is 1. The molecule has 0 radical (unpaired) electrons. The Morgan fingerprint density at radius 1 is 1.23 bits per heavy atom. The number of carboxylic acids is 2. The highest BCUT2D eigenvalue weighted by molar-refractivity contribution is 7.89. The lowest BCUT2D eigenvalue weighted by Gasteiger charge is -2.23. The van der Waals surface area contributed by atoms with Crippen LogP contribution in [0.1, 0.15) is 20.8 Å². The van der Waals surface area contributed by atoms with Gasteiger partial charge in [-0.3, -0.25) is 4.79 Å². The number of benzene rings is 1. The van der Waals surface area contributed by atoms with Crippen LogP contribution in [0.25, 0.3) is 0 Å². The zero-order chi connectivity index (χ0) is 22.8. The third-order valence-corrected chi connectivity index (χ3v) is 7.04. The summed E-state index contributed by atoms with van der Waals surface area (Å²) in [5.74, 6) is -3.93. The summed E-state index contributed by atoms with van der Waals surface area (Å²) in [6.45, 7) is -0.113. The van der Waals surface area contributed by atoms with E-state index in [4.69, 9.17) is 14.6 Å². The largest absolute Gasteiger partial charge is 0.497 e. The first kappa shape index (κ1) is 22.7. The van der Waals surface area contributed by atoms with Crippen molar-refractivity contribution < 1.29 is 42.5 Å². The number of anilines is 1. The first-order valence-corrected chi connectivity index (χ1v) is 11.1. The number of hydrogen-bond acceptors (Lipinski definition) is 8. The summed E-state index contributed by atoms with van der Waals surface area (Å²) >= 11 is 0.910. The van der Waals surface area contributed by atoms with E-state index in [9.17, 15) is 27.9 Å². The average Bonchev–Trinajstić information content (AvgIpc) is 3.09. The van der Waals surface area contributed by atoms with Gasteiger partial charge in [-0.15, -0.1) is 11.3 Å². The van der Waals surface area contributed by atoms with Gasteiger partial charge in [-0.25, -0.2) is 22.7 Å². The number of aromatic carboxylic acids is 1. The fourth-order valence-electron chi connectivity index (χ4n) is 2.97. The molecule has 1 aromatic carbocycles. The van der Waals surface area contributed by atoms with Crippen LogP contribution in [0.2, 0.25) is 0 Å². The van der Waals surface area contributed by atoms with Gasteiger partial charge in [0.25, 0.3) is 0 Å². The fourth-order valence-corrected chi connectivity index (χ4v) is 5.17. The van der Waals surface area contributed by atoms with E-state index in [1.165, 1.54) is 31.4 Å². The van der Waals surface area contributed by atoms with Gasteiger partial charge in [-0.05, 0) is 29.8 Å². The normalized spacial score (nSPS) is 15.7. The molecule has 13 heteroatoms. The molecule has 1 amide bonds. The number of methoxy groups -OCH3 is 1. The highest BCUT2D eigenvalue weighted by Gasteiger charge is 2.31. The van der Waals surface area contributed by atoms with Crippen LogP contribution in [0, 0.1) is 0 Å². The number of aliphatic carboxylic acids is 1. The third kappa shape index (κ3) is 5.02. The summed E-state index contributed by atoms with van der Waals surface area (Å²) in [6.07, 6.45) is -0.585. The van der Waals surface area contributed by atoms with Gasteiger partial charge < -0.3 is 25.0 Å². The minimum Gasteiger partial charge on any atom is -0.497 e. The molecule has 3 rings (SSSR count). The Morgan fingerprint density at radius 3 is 2.48 bits per heavy atom. The summed E-state index contributed by atoms with van der Waals surface area (Å²) in [4.78, 5) is 34.5. The van der Waals surface area contributed by atoms with E-state index in [-0.39, 0.29) is 35.0 Å². The molecule has 1 aromatic heterocycles. The van der Waals surface area contributed by atoms with Crippen molar-refractivity contribution in [2.45, 2.75) is 24.0 Å². The second kappa shape index (κ2) is 9.01. The van der Waals surface area contributed by atoms with Crippen molar-refractivity contribution in [1.29, 1.82) is 0 Å². The lowest BCUT2D eigenvalue weighted by atomic mass is 10.0. The molecule has 31 heavy (non-hydrogen) atoms. The van der Waals surface area contributed by atoms with Gasteiger partial charge in [-0.1, -0.05) is 0 Å². The van der Waals surface area contributed by atoms with E-state index in [1.54, 1.807) is 0 Å². The molecule has 166 valence electrons. The van der Waals surface area contributed by atoms with Crippen molar-refractivity contribution in [1.82, 2.24) is 4.72 Å². The van der Waals surface area contributed by atoms with Crippen molar-refractivity contribution >= 4 is 44.2 Å². The molecule has 0 fully saturated rings. The van der Waals surface area contributed by atoms with Crippen molar-refractivity contribution in [3.8, 4) is 5.75 Å². The maximum atomic E-state index is 12.5. The van der Waals surface area contributed by atoms with E-state index in [2.05, 4.69) is 10.0 Å². The Balaban J connectivity index is 1.74. The molecule has 11 nitrogen and oxygen atoms in total. The first-order valence-electron chi connectivity index (χ1n) is 8.79. The molecule has 1 aliphatic heterocycles. The standard InChI is InChI=1S/C18H18N2O9S2/c1-28-9-2-4-11(5-3-9)31(26,27)19-7-10-6-12-13(8-29-10)30-16(14(12)17(22)23)20-15(21)18(24)25/h2-5,10,19H,6-8H2,1H3,(H,20,21)(H,22,23)(H,24,25). The molecule has 0 saturated carbocycles. The zero-order valence-corrected chi connectivity index (χ0v) is 17.7. The minimum absolute atomic E-state index is 0.00183. The van der Waals surface area contributed by atoms with Crippen LogP contribution in [0.3, 0.4) is 0 Å². The number of sulfonamides is 1. The lowest BCUT2D eigenvalue weighted by Crippen LogP contribution is -2.36. The number of amides is 1. The monoisotopic (exact) mass is 470 g/mol. The van der Waals surface area contributed by atoms with Gasteiger partial charge in [0.05, 0.1) is 30.3 Å². The smallest absolute Gasteiger partial charge is 0.394 e. The molecule has 2 aromatic rings. The van der Waals surface area contributed by atoms with E-state index in [1.807, 2.05) is 0 Å². The second-order valence-corrected chi connectivity index (χ2v) is 9.31. The summed E-state index contributed by atoms with van der Waals surface area (Å²) in [5, 5.41) is 20.2. The number of ether oxygens (including phenoxy) is 2. The molecular weight excluding hydrogens is 452 g/mol. The Morgan fingerprint density at radius 2 is 1.90 bits per heavy atom. The molecule has 4 N–H and O–H groups in total. The number of thiophene rings is 1. The SMILES string of the molecule is COc1ccc(S(=O)(=O)NCC2Cc3c(sc(NC(=O)C(=O)O)c3C(=O)O)CO2)cc1. The number of rotatable bonds is 7. The molecule has 0 saturated heterocycles. The third-order valence-electron chi connectivity index (χ3n) is 4.48. The van der Waals surface area contributed by atoms with Gasteiger partial charge in [0.2, 0.25) is 10.0 Å². The van der Waals surface area contributed by atoms with Crippen molar-refractivity contribution in [3.05, 3.63) is 40.3 Å². The maximum Gasteiger partial charge on any atom is 0.394 e. The highest BCUT2D eigenvalue weighted by atomic mass is 32.2. The number of hydrogen-bond donors (Lipinski definition) is 4. The minimum atomic E-state index is -3.83. The first-order chi connectivity index (χ1) is 14.6. The fraction of sp³-hybridized carbons (Fsp3) is 0.278. The quantitative estimate of drug-likeness (QED) is 0.430. The van der Waals surface area contributed by atoms with Crippen molar-refractivity contribution in [3.63, 3.8) is 0 Å². The van der Waals surface area contributed by atoms with Gasteiger partial charge in [0.1, 0.15) is 10.8 Å². The molecule has 0 aliphatic carbocycles. The molecule has 0 bridgehead atoms. The Labute approximate surface area is 180 Å². The van der Waals surface area contributed by atoms with Crippen LogP contribution in [0.4, 0.5) is 5.00 Å². The van der Waals surface area contributed by atoms with Crippen LogP contribution in [-0.4, -0.2) is 56.2 Å². The molecular formula is C18H18N2O9S2.